The summed E-state index contributed by atoms with van der Waals surface area (Å²) in [6, 6.07) is 9.11. The van der Waals surface area contributed by atoms with Crippen molar-refractivity contribution in [1.29, 1.82) is 0 Å². The van der Waals surface area contributed by atoms with Crippen LogP contribution in [0.3, 0.4) is 0 Å². The Hall–Kier alpha value is -2.49. The molecule has 0 spiro atoms. The predicted molar refractivity (Wildman–Crippen MR) is 190 cm³/mol. The van der Waals surface area contributed by atoms with E-state index in [0.717, 1.165) is 56.9 Å². The monoisotopic (exact) mass is 678 g/mol. The molecule has 1 aliphatic heterocycles. The lowest BCUT2D eigenvalue weighted by molar-refractivity contribution is -0.157. The average molecular weight is 679 g/mol. The standard InChI is InChI=1S/C40H62N4O5/c1-4-5-7-12-36(47)41-26-37(48)42-32(23-27-10-8-6-9-11-27)38(49)44-21-19-43(20-22-44)33-25-40(3)28(24-34(33)45)13-14-29-30-15-16-35(46)39(30,2)18-17-31(29)40/h6,8-11,28-35,45-46H,4-5,7,12-26H2,1-3H3,(H,41,47)(H,42,48)/t28-,29-,30-,31-,32-,33-,34-,35-,39-,40-/m0/s1. The van der Waals surface area contributed by atoms with Crippen LogP contribution in [0, 0.1) is 34.5 Å². The van der Waals surface area contributed by atoms with Crippen molar-refractivity contribution >= 4 is 17.7 Å². The molecule has 9 heteroatoms. The van der Waals surface area contributed by atoms with Gasteiger partial charge in [-0.1, -0.05) is 63.9 Å². The number of amides is 3. The van der Waals surface area contributed by atoms with Gasteiger partial charge >= 0.3 is 0 Å². The van der Waals surface area contributed by atoms with Crippen molar-refractivity contribution in [2.45, 2.75) is 129 Å². The maximum absolute atomic E-state index is 14.0. The van der Waals surface area contributed by atoms with Crippen LogP contribution >= 0.6 is 0 Å². The largest absolute Gasteiger partial charge is 0.393 e. The summed E-state index contributed by atoms with van der Waals surface area (Å²) in [5.41, 5.74) is 1.23. The molecule has 1 aromatic rings. The second-order valence-electron chi connectivity index (χ2n) is 16.8. The Bertz CT molecular complexity index is 1300. The van der Waals surface area contributed by atoms with Gasteiger partial charge in [0.25, 0.3) is 0 Å². The summed E-state index contributed by atoms with van der Waals surface area (Å²) in [4.78, 5) is 43.4. The van der Waals surface area contributed by atoms with Crippen molar-refractivity contribution in [2.24, 2.45) is 34.5 Å². The molecule has 0 aromatic heterocycles. The third-order valence-electron chi connectivity index (χ3n) is 14.1. The van der Waals surface area contributed by atoms with Gasteiger partial charge in [0.2, 0.25) is 17.7 Å². The number of hydrogen-bond acceptors (Lipinski definition) is 6. The fraction of sp³-hybridized carbons (Fsp3) is 0.775. The summed E-state index contributed by atoms with van der Waals surface area (Å²) < 4.78 is 0. The van der Waals surface area contributed by atoms with Crippen LogP contribution in [0.15, 0.2) is 30.3 Å². The number of nitrogens with zero attached hydrogens (tertiary/aromatic N) is 2. The van der Waals surface area contributed by atoms with Gasteiger partial charge < -0.3 is 25.7 Å². The Balaban J connectivity index is 1.07. The highest BCUT2D eigenvalue weighted by Crippen LogP contribution is 2.66. The van der Waals surface area contributed by atoms with Crippen LogP contribution in [-0.2, 0) is 20.8 Å². The van der Waals surface area contributed by atoms with Gasteiger partial charge in [-0.15, -0.1) is 0 Å². The molecule has 1 heterocycles. The number of nitrogens with one attached hydrogen (secondary N) is 2. The molecule has 272 valence electrons. The van der Waals surface area contributed by atoms with Gasteiger partial charge in [0.05, 0.1) is 18.8 Å². The summed E-state index contributed by atoms with van der Waals surface area (Å²) in [5.74, 6) is 1.89. The Kier molecular flexibility index (Phi) is 11.4. The fourth-order valence-electron chi connectivity index (χ4n) is 11.2. The normalized spacial score (nSPS) is 36.6. The molecule has 4 aliphatic carbocycles. The van der Waals surface area contributed by atoms with E-state index in [2.05, 4.69) is 36.3 Å². The molecule has 10 atom stereocenters. The second-order valence-corrected chi connectivity index (χ2v) is 16.8. The van der Waals surface area contributed by atoms with Crippen molar-refractivity contribution in [2.75, 3.05) is 32.7 Å². The van der Waals surface area contributed by atoms with E-state index in [1.165, 1.54) is 19.3 Å². The van der Waals surface area contributed by atoms with Crippen LogP contribution in [0.1, 0.15) is 103 Å². The van der Waals surface area contributed by atoms with Gasteiger partial charge in [0, 0.05) is 45.1 Å². The molecule has 5 aliphatic rings. The first-order valence-electron chi connectivity index (χ1n) is 19.5. The van der Waals surface area contributed by atoms with E-state index in [9.17, 15) is 24.6 Å². The number of aliphatic hydroxyl groups is 2. The van der Waals surface area contributed by atoms with Crippen LogP contribution < -0.4 is 10.6 Å². The number of hydrogen-bond donors (Lipinski definition) is 4. The van der Waals surface area contributed by atoms with Crippen LogP contribution in [0.5, 0.6) is 0 Å². The van der Waals surface area contributed by atoms with Crippen molar-refractivity contribution in [3.63, 3.8) is 0 Å². The molecule has 0 radical (unpaired) electrons. The van der Waals surface area contributed by atoms with Crippen LogP contribution in [0.2, 0.25) is 0 Å². The molecule has 4 N–H and O–H groups in total. The van der Waals surface area contributed by atoms with E-state index >= 15 is 0 Å². The number of piperazine rings is 1. The van der Waals surface area contributed by atoms with Crippen LogP contribution in [0.25, 0.3) is 0 Å². The first kappa shape index (κ1) is 36.3. The minimum Gasteiger partial charge on any atom is -0.393 e. The summed E-state index contributed by atoms with van der Waals surface area (Å²) >= 11 is 0. The minimum absolute atomic E-state index is 0.0703. The lowest BCUT2D eigenvalue weighted by Gasteiger charge is -2.62. The molecule has 1 aromatic carbocycles. The zero-order valence-corrected chi connectivity index (χ0v) is 30.2. The SMILES string of the molecule is CCCCCC(=O)NCC(=O)N[C@@H](Cc1ccccc1)C(=O)N1CCN([C@H]2C[C@@]3(C)[C@@H](CC[C@@H]4[C@@H]3CC[C@]3(C)[C@@H](O)CC[C@@H]43)C[C@@H]2O)CC1. The number of carbonyl (C=O) groups excluding carboxylic acids is 3. The van der Waals surface area contributed by atoms with Crippen molar-refractivity contribution < 1.29 is 24.6 Å². The minimum atomic E-state index is -0.719. The van der Waals surface area contributed by atoms with Gasteiger partial charge in [-0.25, -0.2) is 0 Å². The average Bonchev–Trinajstić information content (AvgIpc) is 3.41. The van der Waals surface area contributed by atoms with Crippen molar-refractivity contribution in [1.82, 2.24) is 20.4 Å². The molecule has 49 heavy (non-hydrogen) atoms. The molecule has 6 rings (SSSR count). The Morgan fingerprint density at radius 3 is 2.37 bits per heavy atom. The van der Waals surface area contributed by atoms with E-state index in [-0.39, 0.29) is 53.3 Å². The van der Waals surface area contributed by atoms with E-state index in [1.54, 1.807) is 0 Å². The zero-order chi connectivity index (χ0) is 34.8. The highest BCUT2D eigenvalue weighted by molar-refractivity contribution is 5.90. The first-order chi connectivity index (χ1) is 23.5. The van der Waals surface area contributed by atoms with Crippen LogP contribution in [-0.4, -0.2) is 94.7 Å². The molecule has 5 fully saturated rings. The molecular weight excluding hydrogens is 616 g/mol. The summed E-state index contributed by atoms with van der Waals surface area (Å²) in [6.07, 6.45) is 11.7. The highest BCUT2D eigenvalue weighted by atomic mass is 16.3. The topological polar surface area (TPSA) is 122 Å². The molecule has 4 saturated carbocycles. The van der Waals surface area contributed by atoms with E-state index in [4.69, 9.17) is 0 Å². The lowest BCUT2D eigenvalue weighted by atomic mass is 9.44. The maximum atomic E-state index is 14.0. The summed E-state index contributed by atoms with van der Waals surface area (Å²) in [5, 5.41) is 28.1. The van der Waals surface area contributed by atoms with Crippen molar-refractivity contribution in [3.05, 3.63) is 35.9 Å². The molecule has 3 amide bonds. The van der Waals surface area contributed by atoms with Crippen molar-refractivity contribution in [3.8, 4) is 0 Å². The van der Waals surface area contributed by atoms with E-state index in [1.807, 2.05) is 35.2 Å². The third kappa shape index (κ3) is 7.59. The zero-order valence-electron chi connectivity index (χ0n) is 30.2. The smallest absolute Gasteiger partial charge is 0.245 e. The number of aliphatic hydroxyl groups excluding tert-OH is 2. The Labute approximate surface area is 294 Å². The first-order valence-corrected chi connectivity index (χ1v) is 19.5. The van der Waals surface area contributed by atoms with Gasteiger partial charge in [0.15, 0.2) is 0 Å². The maximum Gasteiger partial charge on any atom is 0.245 e. The van der Waals surface area contributed by atoms with E-state index < -0.39 is 6.04 Å². The molecular formula is C40H62N4O5. The fourth-order valence-corrected chi connectivity index (χ4v) is 11.2. The summed E-state index contributed by atoms with van der Waals surface area (Å²) in [7, 11) is 0. The number of fused-ring (bicyclic) bond motifs is 5. The highest BCUT2D eigenvalue weighted by Gasteiger charge is 2.61. The Morgan fingerprint density at radius 2 is 1.63 bits per heavy atom. The number of rotatable bonds is 11. The van der Waals surface area contributed by atoms with E-state index in [0.29, 0.717) is 62.7 Å². The molecule has 9 nitrogen and oxygen atoms in total. The second kappa shape index (κ2) is 15.4. The lowest BCUT2D eigenvalue weighted by Crippen LogP contribution is -2.63. The quantitative estimate of drug-likeness (QED) is 0.259. The van der Waals surface area contributed by atoms with Crippen LogP contribution in [0.4, 0.5) is 0 Å². The Morgan fingerprint density at radius 1 is 0.898 bits per heavy atom. The van der Waals surface area contributed by atoms with Gasteiger partial charge in [-0.2, -0.15) is 0 Å². The summed E-state index contributed by atoms with van der Waals surface area (Å²) in [6.45, 7) is 9.33. The number of benzene rings is 1. The van der Waals surface area contributed by atoms with Gasteiger partial charge in [0.1, 0.15) is 6.04 Å². The molecule has 1 saturated heterocycles. The predicted octanol–water partition coefficient (Wildman–Crippen LogP) is 4.30. The van der Waals surface area contributed by atoms with Gasteiger partial charge in [-0.3, -0.25) is 19.3 Å². The number of unbranched alkanes of at least 4 members (excludes halogenated alkanes) is 2. The molecule has 0 bridgehead atoms. The number of carbonyl (C=O) groups is 3. The molecule has 0 unspecified atom stereocenters. The third-order valence-corrected chi connectivity index (χ3v) is 14.1. The van der Waals surface area contributed by atoms with Gasteiger partial charge in [-0.05, 0) is 97.9 Å².